The number of methoxy groups -OCH3 is 1. The van der Waals surface area contributed by atoms with Gasteiger partial charge in [0.1, 0.15) is 11.4 Å². The molecule has 2 aromatic rings. The standard InChI is InChI=1S/C22H28N4O2/c1-28-18-7-5-16(6-8-18)20-3-2-4-21-17-11-15(13-26(20)21)12-25(14-17)22(27)19-9-10-23-24-19/h5-10,15,17,20-21H,2-4,11-14H2,1H3,(H,23,24)/t15-,17+,20+,21-/m0/s1. The first-order valence-electron chi connectivity index (χ1n) is 10.4. The van der Waals surface area contributed by atoms with E-state index in [1.165, 1.54) is 31.2 Å². The lowest BCUT2D eigenvalue weighted by Gasteiger charge is -2.55. The molecule has 4 heterocycles. The van der Waals surface area contributed by atoms with Gasteiger partial charge in [0.25, 0.3) is 5.91 Å². The summed E-state index contributed by atoms with van der Waals surface area (Å²) >= 11 is 0. The quantitative estimate of drug-likeness (QED) is 0.889. The molecule has 6 heteroatoms. The largest absolute Gasteiger partial charge is 0.497 e. The lowest BCUT2D eigenvalue weighted by Crippen LogP contribution is -2.60. The van der Waals surface area contributed by atoms with Crippen LogP contribution in [0.25, 0.3) is 0 Å². The Bertz CT molecular complexity index is 820. The molecule has 6 nitrogen and oxygen atoms in total. The lowest BCUT2D eigenvalue weighted by molar-refractivity contribution is -0.0512. The Labute approximate surface area is 165 Å². The molecule has 28 heavy (non-hydrogen) atoms. The number of nitrogens with zero attached hydrogens (tertiary/aromatic N) is 3. The van der Waals surface area contributed by atoms with Crippen LogP contribution in [0.2, 0.25) is 0 Å². The molecule has 1 aromatic carbocycles. The second-order valence-corrected chi connectivity index (χ2v) is 8.53. The van der Waals surface area contributed by atoms with E-state index in [0.717, 1.165) is 25.4 Å². The van der Waals surface area contributed by atoms with Crippen molar-refractivity contribution in [3.05, 3.63) is 47.8 Å². The molecule has 0 aliphatic carbocycles. The number of nitrogens with one attached hydrogen (secondary N) is 1. The van der Waals surface area contributed by atoms with Gasteiger partial charge < -0.3 is 9.64 Å². The molecule has 1 N–H and O–H groups in total. The van der Waals surface area contributed by atoms with Gasteiger partial charge in [-0.25, -0.2) is 0 Å². The summed E-state index contributed by atoms with van der Waals surface area (Å²) < 4.78 is 5.33. The topological polar surface area (TPSA) is 61.5 Å². The first-order valence-corrected chi connectivity index (χ1v) is 10.4. The highest BCUT2D eigenvalue weighted by molar-refractivity contribution is 5.92. The number of aromatic amines is 1. The summed E-state index contributed by atoms with van der Waals surface area (Å²) in [5.41, 5.74) is 2.01. The second-order valence-electron chi connectivity index (χ2n) is 8.53. The first kappa shape index (κ1) is 17.7. The van der Waals surface area contributed by atoms with Crippen LogP contribution in [-0.2, 0) is 0 Å². The summed E-state index contributed by atoms with van der Waals surface area (Å²) in [7, 11) is 1.72. The molecule has 0 spiro atoms. The summed E-state index contributed by atoms with van der Waals surface area (Å²) in [5, 5.41) is 6.77. The van der Waals surface area contributed by atoms with Gasteiger partial charge in [0.15, 0.2) is 0 Å². The molecular weight excluding hydrogens is 352 g/mol. The number of amides is 1. The Morgan fingerprint density at radius 2 is 2.00 bits per heavy atom. The molecule has 4 atom stereocenters. The fourth-order valence-corrected chi connectivity index (χ4v) is 5.70. The van der Waals surface area contributed by atoms with Crippen LogP contribution in [0.1, 0.15) is 47.8 Å². The van der Waals surface area contributed by atoms with Gasteiger partial charge in [0.05, 0.1) is 7.11 Å². The number of fused-ring (bicyclic) bond motifs is 4. The first-order chi connectivity index (χ1) is 13.7. The average molecular weight is 380 g/mol. The summed E-state index contributed by atoms with van der Waals surface area (Å²) in [5.74, 6) is 2.14. The van der Waals surface area contributed by atoms with Crippen LogP contribution in [-0.4, -0.2) is 58.7 Å². The van der Waals surface area contributed by atoms with E-state index < -0.39 is 0 Å². The van der Waals surface area contributed by atoms with Crippen molar-refractivity contribution < 1.29 is 9.53 Å². The maximum atomic E-state index is 12.8. The number of piperidine rings is 3. The molecule has 3 aliphatic rings. The molecule has 2 bridgehead atoms. The van der Waals surface area contributed by atoms with Crippen molar-refractivity contribution in [1.82, 2.24) is 20.0 Å². The third-order valence-corrected chi connectivity index (χ3v) is 6.91. The molecule has 3 saturated heterocycles. The third-order valence-electron chi connectivity index (χ3n) is 6.91. The van der Waals surface area contributed by atoms with Crippen LogP contribution in [0, 0.1) is 11.8 Å². The van der Waals surface area contributed by atoms with Gasteiger partial charge >= 0.3 is 0 Å². The monoisotopic (exact) mass is 380 g/mol. The van der Waals surface area contributed by atoms with Gasteiger partial charge in [0, 0.05) is 37.9 Å². The third kappa shape index (κ3) is 3.09. The van der Waals surface area contributed by atoms with Gasteiger partial charge in [-0.2, -0.15) is 5.10 Å². The minimum absolute atomic E-state index is 0.100. The molecule has 0 unspecified atom stereocenters. The highest BCUT2D eigenvalue weighted by atomic mass is 16.5. The highest BCUT2D eigenvalue weighted by Crippen LogP contribution is 2.44. The molecule has 0 radical (unpaired) electrons. The van der Waals surface area contributed by atoms with Crippen molar-refractivity contribution in [1.29, 1.82) is 0 Å². The second kappa shape index (κ2) is 7.24. The molecule has 148 valence electrons. The number of rotatable bonds is 3. The van der Waals surface area contributed by atoms with Crippen molar-refractivity contribution in [2.75, 3.05) is 26.7 Å². The minimum atomic E-state index is 0.100. The highest BCUT2D eigenvalue weighted by Gasteiger charge is 2.45. The van der Waals surface area contributed by atoms with Gasteiger partial charge in [-0.3, -0.25) is 14.8 Å². The summed E-state index contributed by atoms with van der Waals surface area (Å²) in [6.07, 6.45) is 6.63. The van der Waals surface area contributed by atoms with E-state index in [-0.39, 0.29) is 5.91 Å². The zero-order valence-corrected chi connectivity index (χ0v) is 16.4. The summed E-state index contributed by atoms with van der Waals surface area (Å²) in [4.78, 5) is 17.6. The Hall–Kier alpha value is -2.34. The van der Waals surface area contributed by atoms with Crippen molar-refractivity contribution >= 4 is 5.91 Å². The van der Waals surface area contributed by atoms with E-state index in [1.807, 2.05) is 0 Å². The van der Waals surface area contributed by atoms with E-state index in [2.05, 4.69) is 44.3 Å². The molecule has 0 saturated carbocycles. The molecule has 1 amide bonds. The number of ether oxygens (including phenoxy) is 1. The zero-order chi connectivity index (χ0) is 19.1. The number of carbonyl (C=O) groups is 1. The van der Waals surface area contributed by atoms with E-state index in [0.29, 0.717) is 29.6 Å². The fourth-order valence-electron chi connectivity index (χ4n) is 5.70. The van der Waals surface area contributed by atoms with E-state index in [4.69, 9.17) is 4.74 Å². The van der Waals surface area contributed by atoms with Gasteiger partial charge in [-0.05, 0) is 61.3 Å². The molecular formula is C22H28N4O2. The van der Waals surface area contributed by atoms with Gasteiger partial charge in [-0.15, -0.1) is 0 Å². The number of aromatic nitrogens is 2. The minimum Gasteiger partial charge on any atom is -0.497 e. The van der Waals surface area contributed by atoms with E-state index in [9.17, 15) is 4.79 Å². The van der Waals surface area contributed by atoms with Crippen LogP contribution >= 0.6 is 0 Å². The smallest absolute Gasteiger partial charge is 0.271 e. The molecule has 5 rings (SSSR count). The SMILES string of the molecule is COc1ccc([C@H]2CCC[C@H]3[C@@H]4C[C@@H](CN(C(=O)c5ccn[nH]5)C4)CN23)cc1. The number of benzene rings is 1. The van der Waals surface area contributed by atoms with Crippen LogP contribution in [0.15, 0.2) is 36.5 Å². The Morgan fingerprint density at radius 3 is 2.75 bits per heavy atom. The number of hydrogen-bond donors (Lipinski definition) is 1. The average Bonchev–Trinajstić information content (AvgIpc) is 3.28. The van der Waals surface area contributed by atoms with Crippen molar-refractivity contribution in [3.63, 3.8) is 0 Å². The van der Waals surface area contributed by atoms with E-state index in [1.54, 1.807) is 19.4 Å². The zero-order valence-electron chi connectivity index (χ0n) is 16.4. The number of carbonyl (C=O) groups excluding carboxylic acids is 1. The van der Waals surface area contributed by atoms with Gasteiger partial charge in [0.2, 0.25) is 0 Å². The Kier molecular flexibility index (Phi) is 4.59. The lowest BCUT2D eigenvalue weighted by atomic mass is 9.74. The molecule has 3 fully saturated rings. The van der Waals surface area contributed by atoms with Gasteiger partial charge in [-0.1, -0.05) is 12.1 Å². The number of hydrogen-bond acceptors (Lipinski definition) is 4. The maximum Gasteiger partial charge on any atom is 0.271 e. The van der Waals surface area contributed by atoms with Crippen molar-refractivity contribution in [2.45, 2.75) is 37.8 Å². The molecule has 3 aliphatic heterocycles. The van der Waals surface area contributed by atoms with Crippen molar-refractivity contribution in [2.24, 2.45) is 11.8 Å². The molecule has 1 aromatic heterocycles. The Morgan fingerprint density at radius 1 is 1.14 bits per heavy atom. The van der Waals surface area contributed by atoms with Crippen LogP contribution < -0.4 is 4.74 Å². The predicted octanol–water partition coefficient (Wildman–Crippen LogP) is 3.11. The van der Waals surface area contributed by atoms with E-state index >= 15 is 0 Å². The normalized spacial score (nSPS) is 30.0. The Balaban J connectivity index is 1.35. The van der Waals surface area contributed by atoms with Crippen LogP contribution in [0.4, 0.5) is 0 Å². The number of likely N-dealkylation sites (tertiary alicyclic amines) is 1. The summed E-state index contributed by atoms with van der Waals surface area (Å²) in [6.45, 7) is 2.81. The maximum absolute atomic E-state index is 12.8. The van der Waals surface area contributed by atoms with Crippen LogP contribution in [0.3, 0.4) is 0 Å². The summed E-state index contributed by atoms with van der Waals surface area (Å²) in [6, 6.07) is 11.5. The predicted molar refractivity (Wildman–Crippen MR) is 106 cm³/mol. The number of H-pyrrole nitrogens is 1. The fraction of sp³-hybridized carbons (Fsp3) is 0.545. The van der Waals surface area contributed by atoms with Crippen molar-refractivity contribution in [3.8, 4) is 5.75 Å². The van der Waals surface area contributed by atoms with Crippen LogP contribution in [0.5, 0.6) is 5.75 Å².